The van der Waals surface area contributed by atoms with E-state index in [0.717, 1.165) is 31.4 Å². The summed E-state index contributed by atoms with van der Waals surface area (Å²) in [6.07, 6.45) is 4.90. The fraction of sp³-hybridized carbons (Fsp3) is 0.833. The lowest BCUT2D eigenvalue weighted by molar-refractivity contribution is -0.129. The van der Waals surface area contributed by atoms with Crippen LogP contribution in [0.25, 0.3) is 0 Å². The second-order valence-corrected chi connectivity index (χ2v) is 5.47. The second-order valence-electron chi connectivity index (χ2n) is 4.32. The monoisotopic (exact) mass is 250 g/mol. The molecule has 0 atom stereocenters. The van der Waals surface area contributed by atoms with E-state index >= 15 is 0 Å². The SMILES string of the molecule is C#CC1CCC(CSCCC(F)(F)F)CC1. The molecule has 0 bridgehead atoms. The zero-order valence-electron chi connectivity index (χ0n) is 9.22. The third-order valence-electron chi connectivity index (χ3n) is 2.97. The molecule has 1 rings (SSSR count). The van der Waals surface area contributed by atoms with Crippen LogP contribution in [-0.2, 0) is 0 Å². The number of hydrogen-bond acceptors (Lipinski definition) is 1. The summed E-state index contributed by atoms with van der Waals surface area (Å²) in [6.45, 7) is 0. The van der Waals surface area contributed by atoms with Crippen molar-refractivity contribution in [3.63, 3.8) is 0 Å². The Balaban J connectivity index is 2.05. The van der Waals surface area contributed by atoms with Gasteiger partial charge in [0.2, 0.25) is 0 Å². The lowest BCUT2D eigenvalue weighted by Gasteiger charge is -2.25. The summed E-state index contributed by atoms with van der Waals surface area (Å²) < 4.78 is 35.6. The van der Waals surface area contributed by atoms with Crippen molar-refractivity contribution in [1.29, 1.82) is 0 Å². The van der Waals surface area contributed by atoms with Crippen molar-refractivity contribution in [2.24, 2.45) is 11.8 Å². The van der Waals surface area contributed by atoms with Gasteiger partial charge in [-0.1, -0.05) is 0 Å². The summed E-state index contributed by atoms with van der Waals surface area (Å²) >= 11 is 1.42. The van der Waals surface area contributed by atoms with Crippen LogP contribution in [-0.4, -0.2) is 17.7 Å². The minimum atomic E-state index is -4.01. The molecule has 0 spiro atoms. The van der Waals surface area contributed by atoms with Gasteiger partial charge in [0.1, 0.15) is 0 Å². The van der Waals surface area contributed by atoms with E-state index in [9.17, 15) is 13.2 Å². The normalized spacial score (nSPS) is 26.4. The van der Waals surface area contributed by atoms with Crippen LogP contribution in [0.15, 0.2) is 0 Å². The molecule has 0 aromatic rings. The molecule has 16 heavy (non-hydrogen) atoms. The molecule has 0 nitrogen and oxygen atoms in total. The van der Waals surface area contributed by atoms with Crippen molar-refractivity contribution < 1.29 is 13.2 Å². The van der Waals surface area contributed by atoms with Crippen LogP contribution in [0.2, 0.25) is 0 Å². The van der Waals surface area contributed by atoms with Gasteiger partial charge in [-0.25, -0.2) is 0 Å². The van der Waals surface area contributed by atoms with Crippen molar-refractivity contribution >= 4 is 11.8 Å². The Bertz CT molecular complexity index is 234. The Morgan fingerprint density at radius 1 is 1.19 bits per heavy atom. The van der Waals surface area contributed by atoms with Gasteiger partial charge < -0.3 is 0 Å². The molecule has 0 heterocycles. The Labute approximate surface area is 99.4 Å². The van der Waals surface area contributed by atoms with E-state index < -0.39 is 12.6 Å². The molecular formula is C12H17F3S. The van der Waals surface area contributed by atoms with E-state index in [4.69, 9.17) is 6.42 Å². The Kier molecular flexibility index (Phi) is 5.54. The Morgan fingerprint density at radius 3 is 2.31 bits per heavy atom. The molecular weight excluding hydrogens is 233 g/mol. The van der Waals surface area contributed by atoms with E-state index in [2.05, 4.69) is 5.92 Å². The summed E-state index contributed by atoms with van der Waals surface area (Å²) in [5, 5.41) is 0. The predicted molar refractivity (Wildman–Crippen MR) is 62.3 cm³/mol. The van der Waals surface area contributed by atoms with E-state index in [-0.39, 0.29) is 5.75 Å². The minimum Gasteiger partial charge on any atom is -0.171 e. The first-order valence-corrected chi connectivity index (χ1v) is 6.77. The molecule has 0 amide bonds. The quantitative estimate of drug-likeness (QED) is 0.534. The van der Waals surface area contributed by atoms with Crippen molar-refractivity contribution in [3.8, 4) is 12.3 Å². The zero-order valence-corrected chi connectivity index (χ0v) is 10.0. The number of alkyl halides is 3. The van der Waals surface area contributed by atoms with Crippen LogP contribution < -0.4 is 0 Å². The number of hydrogen-bond donors (Lipinski definition) is 0. The molecule has 0 unspecified atom stereocenters. The molecule has 4 heteroatoms. The lowest BCUT2D eigenvalue weighted by atomic mass is 9.83. The highest BCUT2D eigenvalue weighted by atomic mass is 32.2. The van der Waals surface area contributed by atoms with Crippen LogP contribution in [0.1, 0.15) is 32.1 Å². The third kappa shape index (κ3) is 5.69. The van der Waals surface area contributed by atoms with Gasteiger partial charge in [0.25, 0.3) is 0 Å². The molecule has 0 aliphatic heterocycles. The summed E-state index contributed by atoms with van der Waals surface area (Å²) in [6, 6.07) is 0. The molecule has 92 valence electrons. The third-order valence-corrected chi connectivity index (χ3v) is 4.17. The number of rotatable bonds is 4. The van der Waals surface area contributed by atoms with Crippen molar-refractivity contribution in [2.75, 3.05) is 11.5 Å². The average molecular weight is 250 g/mol. The van der Waals surface area contributed by atoms with Gasteiger partial charge in [-0.2, -0.15) is 24.9 Å². The molecule has 0 N–H and O–H groups in total. The fourth-order valence-electron chi connectivity index (χ4n) is 1.93. The highest BCUT2D eigenvalue weighted by Gasteiger charge is 2.26. The number of thioether (sulfide) groups is 1. The van der Waals surface area contributed by atoms with Crippen LogP contribution in [0.5, 0.6) is 0 Å². The lowest BCUT2D eigenvalue weighted by Crippen LogP contribution is -2.16. The molecule has 1 aliphatic carbocycles. The predicted octanol–water partition coefficient (Wildman–Crippen LogP) is 4.11. The van der Waals surface area contributed by atoms with Crippen LogP contribution >= 0.6 is 11.8 Å². The minimum absolute atomic E-state index is 0.193. The topological polar surface area (TPSA) is 0 Å². The van der Waals surface area contributed by atoms with Crippen molar-refractivity contribution in [3.05, 3.63) is 0 Å². The average Bonchev–Trinajstić information content (AvgIpc) is 2.24. The Morgan fingerprint density at radius 2 is 1.81 bits per heavy atom. The highest BCUT2D eigenvalue weighted by Crippen LogP contribution is 2.31. The summed E-state index contributed by atoms with van der Waals surface area (Å²) in [7, 11) is 0. The smallest absolute Gasteiger partial charge is 0.171 e. The van der Waals surface area contributed by atoms with Gasteiger partial charge in [0.15, 0.2) is 0 Å². The van der Waals surface area contributed by atoms with Gasteiger partial charge in [-0.15, -0.1) is 12.3 Å². The molecule has 0 aromatic carbocycles. The molecule has 0 saturated heterocycles. The highest BCUT2D eigenvalue weighted by molar-refractivity contribution is 7.99. The molecule has 1 fully saturated rings. The van der Waals surface area contributed by atoms with E-state index in [1.165, 1.54) is 11.8 Å². The summed E-state index contributed by atoms with van der Waals surface area (Å²) in [5.41, 5.74) is 0. The second kappa shape index (κ2) is 6.44. The van der Waals surface area contributed by atoms with Gasteiger partial charge in [-0.3, -0.25) is 0 Å². The summed E-state index contributed by atoms with van der Waals surface area (Å²) in [4.78, 5) is 0. The molecule has 0 radical (unpaired) electrons. The molecule has 1 aliphatic rings. The Hall–Kier alpha value is -0.300. The van der Waals surface area contributed by atoms with Gasteiger partial charge >= 0.3 is 6.18 Å². The van der Waals surface area contributed by atoms with E-state index in [1.54, 1.807) is 0 Å². The maximum absolute atomic E-state index is 11.9. The van der Waals surface area contributed by atoms with E-state index in [1.807, 2.05) is 0 Å². The van der Waals surface area contributed by atoms with Crippen LogP contribution in [0.3, 0.4) is 0 Å². The van der Waals surface area contributed by atoms with Crippen molar-refractivity contribution in [2.45, 2.75) is 38.3 Å². The van der Waals surface area contributed by atoms with Gasteiger partial charge in [-0.05, 0) is 37.4 Å². The van der Waals surface area contributed by atoms with Crippen LogP contribution in [0.4, 0.5) is 13.2 Å². The van der Waals surface area contributed by atoms with Crippen molar-refractivity contribution in [1.82, 2.24) is 0 Å². The summed E-state index contributed by atoms with van der Waals surface area (Å²) in [5.74, 6) is 4.78. The van der Waals surface area contributed by atoms with Gasteiger partial charge in [0, 0.05) is 11.7 Å². The maximum atomic E-state index is 11.9. The largest absolute Gasteiger partial charge is 0.389 e. The number of halogens is 3. The standard InChI is InChI=1S/C12H17F3S/c1-2-10-3-5-11(6-4-10)9-16-8-7-12(13,14)15/h1,10-11H,3-9H2. The zero-order chi connectivity index (χ0) is 12.0. The van der Waals surface area contributed by atoms with E-state index in [0.29, 0.717) is 11.8 Å². The molecule has 0 aromatic heterocycles. The molecule has 1 saturated carbocycles. The van der Waals surface area contributed by atoms with Crippen LogP contribution in [0, 0.1) is 24.2 Å². The first kappa shape index (κ1) is 13.8. The maximum Gasteiger partial charge on any atom is 0.389 e. The first-order valence-electron chi connectivity index (χ1n) is 5.62. The van der Waals surface area contributed by atoms with Gasteiger partial charge in [0.05, 0.1) is 6.42 Å². The number of terminal acetylenes is 1. The first-order chi connectivity index (χ1) is 7.51. The fourth-order valence-corrected chi connectivity index (χ4v) is 3.14.